The fraction of sp³-hybridized carbons (Fsp3) is 0.318. The Hall–Kier alpha value is -2.75. The highest BCUT2D eigenvalue weighted by Crippen LogP contribution is 2.22. The Bertz CT molecular complexity index is 726. The minimum absolute atomic E-state index is 0.0541. The Morgan fingerprint density at radius 2 is 1.88 bits per heavy atom. The monoisotopic (exact) mass is 350 g/mol. The van der Waals surface area contributed by atoms with E-state index in [0.717, 1.165) is 42.8 Å². The van der Waals surface area contributed by atoms with Crippen molar-refractivity contribution in [2.24, 2.45) is 5.92 Å². The van der Waals surface area contributed by atoms with Gasteiger partial charge in [-0.3, -0.25) is 0 Å². The van der Waals surface area contributed by atoms with Crippen LogP contribution in [-0.4, -0.2) is 24.6 Å². The number of rotatable bonds is 6. The number of hydrogen-bond acceptors (Lipinski definition) is 2. The summed E-state index contributed by atoms with van der Waals surface area (Å²) in [5.41, 5.74) is 1.92. The fourth-order valence-electron chi connectivity index (χ4n) is 3.23. The highest BCUT2D eigenvalue weighted by molar-refractivity contribution is 5.89. The molecule has 2 aromatic rings. The molecule has 1 atom stereocenters. The van der Waals surface area contributed by atoms with Crippen LogP contribution in [0.3, 0.4) is 0 Å². The molecule has 2 amide bonds. The first kappa shape index (κ1) is 18.1. The maximum atomic E-state index is 12.9. The lowest BCUT2D eigenvalue weighted by atomic mass is 9.94. The third-order valence-electron chi connectivity index (χ3n) is 4.70. The van der Waals surface area contributed by atoms with Gasteiger partial charge in [-0.05, 0) is 55.0 Å². The van der Waals surface area contributed by atoms with Gasteiger partial charge in [0.2, 0.25) is 0 Å². The number of nitrogens with one attached hydrogen (secondary N) is 1. The van der Waals surface area contributed by atoms with Gasteiger partial charge in [0, 0.05) is 18.8 Å². The van der Waals surface area contributed by atoms with Crippen molar-refractivity contribution in [1.82, 2.24) is 4.90 Å². The number of para-hydroxylation sites is 1. The van der Waals surface area contributed by atoms with Gasteiger partial charge in [-0.15, -0.1) is 0 Å². The smallest absolute Gasteiger partial charge is 0.322 e. The van der Waals surface area contributed by atoms with Crippen molar-refractivity contribution in [1.29, 1.82) is 0 Å². The first-order chi connectivity index (χ1) is 12.7. The highest BCUT2D eigenvalue weighted by Gasteiger charge is 2.20. The Morgan fingerprint density at radius 3 is 2.54 bits per heavy atom. The summed E-state index contributed by atoms with van der Waals surface area (Å²) in [6.45, 7) is 1.35. The molecular weight excluding hydrogens is 324 g/mol. The standard InChI is InChI=1S/C22H26N2O2/c1-26-21-14-12-19(13-15-21)17-24(16-18-8-4-2-5-9-18)22(25)23-20-10-6-3-7-11-20/h2-4,6-7,10-15,18H,5,8-9,16-17H2,1H3,(H,23,25)/t18-/m1/s1. The third-order valence-corrected chi connectivity index (χ3v) is 4.70. The second-order valence-electron chi connectivity index (χ2n) is 6.68. The molecule has 0 aliphatic heterocycles. The maximum absolute atomic E-state index is 12.9. The number of ether oxygens (including phenoxy) is 1. The molecule has 1 aliphatic rings. The van der Waals surface area contributed by atoms with Crippen LogP contribution in [0.1, 0.15) is 24.8 Å². The molecule has 1 N–H and O–H groups in total. The summed E-state index contributed by atoms with van der Waals surface area (Å²) in [6, 6.07) is 17.5. The number of anilines is 1. The van der Waals surface area contributed by atoms with Gasteiger partial charge >= 0.3 is 6.03 Å². The number of methoxy groups -OCH3 is 1. The number of allylic oxidation sites excluding steroid dienone is 2. The van der Waals surface area contributed by atoms with E-state index in [1.807, 2.05) is 59.5 Å². The summed E-state index contributed by atoms with van der Waals surface area (Å²) >= 11 is 0. The average Bonchev–Trinajstić information content (AvgIpc) is 2.69. The van der Waals surface area contributed by atoms with Crippen LogP contribution < -0.4 is 10.1 Å². The molecule has 3 rings (SSSR count). The van der Waals surface area contributed by atoms with Crippen molar-refractivity contribution in [2.75, 3.05) is 19.0 Å². The van der Waals surface area contributed by atoms with E-state index in [9.17, 15) is 4.79 Å². The summed E-state index contributed by atoms with van der Waals surface area (Å²) < 4.78 is 5.22. The van der Waals surface area contributed by atoms with Crippen LogP contribution >= 0.6 is 0 Å². The zero-order chi connectivity index (χ0) is 18.2. The van der Waals surface area contributed by atoms with E-state index in [2.05, 4.69) is 17.5 Å². The Balaban J connectivity index is 1.71. The van der Waals surface area contributed by atoms with E-state index in [1.54, 1.807) is 7.11 Å². The second kappa shape index (κ2) is 9.09. The van der Waals surface area contributed by atoms with Gasteiger partial charge < -0.3 is 15.0 Å². The minimum Gasteiger partial charge on any atom is -0.497 e. The van der Waals surface area contributed by atoms with Crippen LogP contribution in [0.25, 0.3) is 0 Å². The lowest BCUT2D eigenvalue weighted by Gasteiger charge is -2.28. The lowest BCUT2D eigenvalue weighted by Crippen LogP contribution is -2.38. The largest absolute Gasteiger partial charge is 0.497 e. The summed E-state index contributed by atoms with van der Waals surface area (Å²) in [7, 11) is 1.66. The van der Waals surface area contributed by atoms with E-state index in [-0.39, 0.29) is 6.03 Å². The van der Waals surface area contributed by atoms with Crippen molar-refractivity contribution in [2.45, 2.75) is 25.8 Å². The van der Waals surface area contributed by atoms with Crippen molar-refractivity contribution >= 4 is 11.7 Å². The van der Waals surface area contributed by atoms with Gasteiger partial charge in [-0.1, -0.05) is 42.5 Å². The van der Waals surface area contributed by atoms with Crippen molar-refractivity contribution in [3.63, 3.8) is 0 Å². The van der Waals surface area contributed by atoms with E-state index in [4.69, 9.17) is 4.74 Å². The van der Waals surface area contributed by atoms with Gasteiger partial charge in [-0.25, -0.2) is 4.79 Å². The highest BCUT2D eigenvalue weighted by atomic mass is 16.5. The number of urea groups is 1. The maximum Gasteiger partial charge on any atom is 0.322 e. The normalized spacial score (nSPS) is 16.1. The van der Waals surface area contributed by atoms with Crippen LogP contribution in [0.15, 0.2) is 66.7 Å². The zero-order valence-electron chi connectivity index (χ0n) is 15.2. The summed E-state index contributed by atoms with van der Waals surface area (Å²) in [5.74, 6) is 1.34. The fourth-order valence-corrected chi connectivity index (χ4v) is 3.23. The molecule has 1 aliphatic carbocycles. The number of carbonyl (C=O) groups excluding carboxylic acids is 1. The Kier molecular flexibility index (Phi) is 6.31. The molecule has 0 bridgehead atoms. The van der Waals surface area contributed by atoms with E-state index < -0.39 is 0 Å². The predicted octanol–water partition coefficient (Wildman–Crippen LogP) is 5.09. The number of nitrogens with zero attached hydrogens (tertiary/aromatic N) is 1. The molecular formula is C22H26N2O2. The minimum atomic E-state index is -0.0541. The van der Waals surface area contributed by atoms with Gasteiger partial charge in [0.1, 0.15) is 5.75 Å². The van der Waals surface area contributed by atoms with E-state index >= 15 is 0 Å². The number of amides is 2. The number of benzene rings is 2. The van der Waals surface area contributed by atoms with Gasteiger partial charge in [0.25, 0.3) is 0 Å². The molecule has 0 unspecified atom stereocenters. The molecule has 0 aromatic heterocycles. The molecule has 0 spiro atoms. The first-order valence-electron chi connectivity index (χ1n) is 9.13. The molecule has 0 radical (unpaired) electrons. The van der Waals surface area contributed by atoms with Crippen molar-refractivity contribution < 1.29 is 9.53 Å². The van der Waals surface area contributed by atoms with Crippen LogP contribution in [0, 0.1) is 5.92 Å². The molecule has 0 heterocycles. The molecule has 26 heavy (non-hydrogen) atoms. The van der Waals surface area contributed by atoms with Gasteiger partial charge in [0.05, 0.1) is 7.11 Å². The van der Waals surface area contributed by atoms with Gasteiger partial charge in [-0.2, -0.15) is 0 Å². The van der Waals surface area contributed by atoms with Crippen LogP contribution in [0.5, 0.6) is 5.75 Å². The van der Waals surface area contributed by atoms with Crippen molar-refractivity contribution in [3.05, 3.63) is 72.3 Å². The Labute approximate surface area is 155 Å². The van der Waals surface area contributed by atoms with Crippen LogP contribution in [0.4, 0.5) is 10.5 Å². The molecule has 0 fully saturated rings. The summed E-state index contributed by atoms with van der Waals surface area (Å²) in [6.07, 6.45) is 7.73. The van der Waals surface area contributed by atoms with Crippen LogP contribution in [0.2, 0.25) is 0 Å². The average molecular weight is 350 g/mol. The summed E-state index contributed by atoms with van der Waals surface area (Å²) in [5, 5.41) is 3.02. The van der Waals surface area contributed by atoms with Crippen molar-refractivity contribution in [3.8, 4) is 5.75 Å². The third kappa shape index (κ3) is 5.12. The number of hydrogen-bond donors (Lipinski definition) is 1. The topological polar surface area (TPSA) is 41.6 Å². The van der Waals surface area contributed by atoms with Crippen LogP contribution in [-0.2, 0) is 6.54 Å². The predicted molar refractivity (Wildman–Crippen MR) is 105 cm³/mol. The molecule has 136 valence electrons. The van der Waals surface area contributed by atoms with E-state index in [1.165, 1.54) is 0 Å². The summed E-state index contributed by atoms with van der Waals surface area (Å²) in [4.78, 5) is 14.8. The molecule has 0 saturated carbocycles. The Morgan fingerprint density at radius 1 is 1.12 bits per heavy atom. The molecule has 2 aromatic carbocycles. The lowest BCUT2D eigenvalue weighted by molar-refractivity contribution is 0.195. The quantitative estimate of drug-likeness (QED) is 0.738. The molecule has 4 nitrogen and oxygen atoms in total. The molecule has 0 saturated heterocycles. The first-order valence-corrected chi connectivity index (χ1v) is 9.13. The molecule has 4 heteroatoms. The SMILES string of the molecule is COc1ccc(CN(C[C@@H]2CC=CCC2)C(=O)Nc2ccccc2)cc1. The zero-order valence-corrected chi connectivity index (χ0v) is 15.2. The van der Waals surface area contributed by atoms with Gasteiger partial charge in [0.15, 0.2) is 0 Å². The second-order valence-corrected chi connectivity index (χ2v) is 6.68. The van der Waals surface area contributed by atoms with E-state index in [0.29, 0.717) is 12.5 Å². The number of carbonyl (C=O) groups is 1.